The SMILES string of the molecule is C=C1C(=O)OC2(C)CCC1CC(O)C1(C)CCC(O1)C(C)=CCC2OC(C)=O. The zero-order valence-corrected chi connectivity index (χ0v) is 17.3. The van der Waals surface area contributed by atoms with Crippen LogP contribution >= 0.6 is 0 Å². The van der Waals surface area contributed by atoms with Gasteiger partial charge in [-0.15, -0.1) is 0 Å². The van der Waals surface area contributed by atoms with E-state index in [-0.39, 0.29) is 12.0 Å². The van der Waals surface area contributed by atoms with E-state index in [1.807, 2.05) is 26.8 Å². The number of esters is 2. The number of hydrogen-bond acceptors (Lipinski definition) is 6. The molecule has 6 heteroatoms. The highest BCUT2D eigenvalue weighted by Crippen LogP contribution is 2.42. The van der Waals surface area contributed by atoms with Crippen LogP contribution in [0.25, 0.3) is 0 Å². The fourth-order valence-corrected chi connectivity index (χ4v) is 4.61. The smallest absolute Gasteiger partial charge is 0.334 e. The Hall–Kier alpha value is -1.66. The fraction of sp³-hybridized carbons (Fsp3) is 0.727. The lowest BCUT2D eigenvalue weighted by molar-refractivity contribution is -0.179. The van der Waals surface area contributed by atoms with Gasteiger partial charge in [0.15, 0.2) is 0 Å². The number of carbonyl (C=O) groups is 2. The molecule has 6 unspecified atom stereocenters. The first-order valence-electron chi connectivity index (χ1n) is 10.2. The Morgan fingerprint density at radius 1 is 1.29 bits per heavy atom. The quantitative estimate of drug-likeness (QED) is 0.419. The van der Waals surface area contributed by atoms with Gasteiger partial charge in [-0.05, 0) is 64.4 Å². The van der Waals surface area contributed by atoms with Gasteiger partial charge in [0.1, 0.15) is 11.7 Å². The molecule has 3 aliphatic rings. The Morgan fingerprint density at radius 3 is 2.64 bits per heavy atom. The molecule has 0 radical (unpaired) electrons. The van der Waals surface area contributed by atoms with E-state index in [1.165, 1.54) is 6.92 Å². The summed E-state index contributed by atoms with van der Waals surface area (Å²) in [6.45, 7) is 11.1. The van der Waals surface area contributed by atoms with Crippen LogP contribution in [0.3, 0.4) is 0 Å². The normalized spacial score (nSPS) is 41.8. The summed E-state index contributed by atoms with van der Waals surface area (Å²) in [6, 6.07) is 0. The molecule has 0 aromatic carbocycles. The summed E-state index contributed by atoms with van der Waals surface area (Å²) >= 11 is 0. The molecule has 0 aromatic heterocycles. The first-order valence-corrected chi connectivity index (χ1v) is 10.2. The summed E-state index contributed by atoms with van der Waals surface area (Å²) in [6.07, 6.45) is 4.20. The Balaban J connectivity index is 2.01. The molecule has 156 valence electrons. The van der Waals surface area contributed by atoms with Crippen LogP contribution in [-0.4, -0.2) is 46.6 Å². The number of carbonyl (C=O) groups excluding carboxylic acids is 2. The average Bonchev–Trinajstić information content (AvgIpc) is 2.99. The summed E-state index contributed by atoms with van der Waals surface area (Å²) in [4.78, 5) is 24.4. The number of fused-ring (bicyclic) bond motifs is 5. The minimum atomic E-state index is -0.944. The van der Waals surface area contributed by atoms with Crippen LogP contribution < -0.4 is 0 Å². The van der Waals surface area contributed by atoms with Crippen LogP contribution in [0.5, 0.6) is 0 Å². The minimum absolute atomic E-state index is 0.0724. The van der Waals surface area contributed by atoms with Crippen molar-refractivity contribution in [1.82, 2.24) is 0 Å². The molecule has 6 nitrogen and oxygen atoms in total. The number of ether oxygens (including phenoxy) is 3. The molecular formula is C22H32O6. The second-order valence-electron chi connectivity index (χ2n) is 8.95. The maximum atomic E-state index is 12.7. The lowest BCUT2D eigenvalue weighted by Gasteiger charge is -2.35. The third-order valence-corrected chi connectivity index (χ3v) is 6.75. The second kappa shape index (κ2) is 7.64. The zero-order valence-electron chi connectivity index (χ0n) is 17.3. The van der Waals surface area contributed by atoms with Gasteiger partial charge in [-0.3, -0.25) is 4.79 Å². The van der Waals surface area contributed by atoms with E-state index in [2.05, 4.69) is 6.58 Å². The molecular weight excluding hydrogens is 360 g/mol. The molecule has 2 saturated heterocycles. The third kappa shape index (κ3) is 4.03. The molecule has 0 amide bonds. The lowest BCUT2D eigenvalue weighted by atomic mass is 9.81. The fourth-order valence-electron chi connectivity index (χ4n) is 4.61. The molecule has 0 spiro atoms. The molecule has 3 rings (SSSR count). The van der Waals surface area contributed by atoms with E-state index in [0.29, 0.717) is 31.3 Å². The van der Waals surface area contributed by atoms with Gasteiger partial charge in [0.25, 0.3) is 0 Å². The van der Waals surface area contributed by atoms with Gasteiger partial charge < -0.3 is 19.3 Å². The summed E-state index contributed by atoms with van der Waals surface area (Å²) in [5, 5.41) is 10.9. The first kappa shape index (κ1) is 21.1. The van der Waals surface area contributed by atoms with Gasteiger partial charge >= 0.3 is 11.9 Å². The van der Waals surface area contributed by atoms with Crippen LogP contribution in [0.15, 0.2) is 23.8 Å². The maximum Gasteiger partial charge on any atom is 0.334 e. The predicted molar refractivity (Wildman–Crippen MR) is 103 cm³/mol. The predicted octanol–water partition coefficient (Wildman–Crippen LogP) is 3.22. The Bertz CT molecular complexity index is 697. The van der Waals surface area contributed by atoms with Crippen molar-refractivity contribution in [3.05, 3.63) is 23.8 Å². The molecule has 0 aliphatic carbocycles. The van der Waals surface area contributed by atoms with E-state index >= 15 is 0 Å². The molecule has 0 aromatic rings. The van der Waals surface area contributed by atoms with Crippen LogP contribution in [0.4, 0.5) is 0 Å². The molecule has 2 fully saturated rings. The molecule has 0 saturated carbocycles. The van der Waals surface area contributed by atoms with Crippen LogP contribution in [0.2, 0.25) is 0 Å². The van der Waals surface area contributed by atoms with Crippen molar-refractivity contribution in [3.8, 4) is 0 Å². The van der Waals surface area contributed by atoms with Crippen molar-refractivity contribution < 1.29 is 28.9 Å². The van der Waals surface area contributed by atoms with Crippen molar-refractivity contribution in [2.24, 2.45) is 5.92 Å². The van der Waals surface area contributed by atoms with Crippen LogP contribution in [-0.2, 0) is 23.8 Å². The minimum Gasteiger partial charge on any atom is -0.458 e. The van der Waals surface area contributed by atoms with Gasteiger partial charge in [-0.1, -0.05) is 12.7 Å². The van der Waals surface area contributed by atoms with E-state index in [9.17, 15) is 14.7 Å². The van der Waals surface area contributed by atoms with E-state index in [0.717, 1.165) is 18.4 Å². The highest BCUT2D eigenvalue weighted by atomic mass is 16.6. The molecule has 3 heterocycles. The average molecular weight is 392 g/mol. The van der Waals surface area contributed by atoms with Gasteiger partial charge in [0.05, 0.1) is 17.8 Å². The van der Waals surface area contributed by atoms with Crippen molar-refractivity contribution in [2.75, 3.05) is 0 Å². The van der Waals surface area contributed by atoms with Crippen molar-refractivity contribution in [1.29, 1.82) is 0 Å². The second-order valence-corrected chi connectivity index (χ2v) is 8.95. The van der Waals surface area contributed by atoms with Gasteiger partial charge in [-0.2, -0.15) is 0 Å². The number of hydrogen-bond donors (Lipinski definition) is 1. The molecule has 3 aliphatic heterocycles. The van der Waals surface area contributed by atoms with Crippen LogP contribution in [0.1, 0.15) is 66.2 Å². The van der Waals surface area contributed by atoms with Gasteiger partial charge in [0, 0.05) is 18.9 Å². The van der Waals surface area contributed by atoms with Gasteiger partial charge in [0.2, 0.25) is 0 Å². The molecule has 28 heavy (non-hydrogen) atoms. The highest BCUT2D eigenvalue weighted by Gasteiger charge is 2.47. The van der Waals surface area contributed by atoms with E-state index in [1.54, 1.807) is 0 Å². The summed E-state index contributed by atoms with van der Waals surface area (Å²) < 4.78 is 17.6. The molecule has 4 bridgehead atoms. The highest BCUT2D eigenvalue weighted by molar-refractivity contribution is 5.89. The Kier molecular flexibility index (Phi) is 5.74. The zero-order chi connectivity index (χ0) is 20.7. The van der Waals surface area contributed by atoms with Crippen molar-refractivity contribution in [3.63, 3.8) is 0 Å². The summed E-state index contributed by atoms with van der Waals surface area (Å²) in [5.41, 5.74) is -0.187. The maximum absolute atomic E-state index is 12.7. The molecule has 1 N–H and O–H groups in total. The third-order valence-electron chi connectivity index (χ3n) is 6.75. The summed E-state index contributed by atoms with van der Waals surface area (Å²) in [7, 11) is 0. The van der Waals surface area contributed by atoms with Crippen molar-refractivity contribution in [2.45, 2.75) is 95.7 Å². The number of aliphatic hydroxyl groups excluding tert-OH is 1. The van der Waals surface area contributed by atoms with E-state index in [4.69, 9.17) is 14.2 Å². The summed E-state index contributed by atoms with van der Waals surface area (Å²) in [5.74, 6) is -1.09. The number of rotatable bonds is 1. The molecule has 6 atom stereocenters. The largest absolute Gasteiger partial charge is 0.458 e. The van der Waals surface area contributed by atoms with E-state index < -0.39 is 35.3 Å². The monoisotopic (exact) mass is 392 g/mol. The Labute approximate surface area is 166 Å². The standard InChI is InChI=1S/C22H32O6/c1-13-6-7-19(26-15(3)23)22(5)10-8-16(14(2)20(25)28-22)12-18(24)21(4)11-9-17(13)27-21/h6,16-19,24H,2,7-12H2,1,3-5H3. The topological polar surface area (TPSA) is 82.1 Å². The van der Waals surface area contributed by atoms with Gasteiger partial charge in [-0.25, -0.2) is 4.79 Å². The first-order chi connectivity index (χ1) is 13.0. The Morgan fingerprint density at radius 2 is 1.96 bits per heavy atom. The van der Waals surface area contributed by atoms with Crippen LogP contribution in [0, 0.1) is 5.92 Å². The van der Waals surface area contributed by atoms with Crippen molar-refractivity contribution >= 4 is 11.9 Å². The lowest BCUT2D eigenvalue weighted by Crippen LogP contribution is -2.45. The number of aliphatic hydroxyl groups is 1.